The normalized spacial score (nSPS) is 14.0. The summed E-state index contributed by atoms with van der Waals surface area (Å²) < 4.78 is 127. The number of carbonyl (C=O) groups excluding carboxylic acids is 1. The summed E-state index contributed by atoms with van der Waals surface area (Å²) in [6, 6.07) is 1.54. The zero-order chi connectivity index (χ0) is 18.4. The Balaban J connectivity index is 3.42. The van der Waals surface area contributed by atoms with Gasteiger partial charge in [-0.1, -0.05) is 6.07 Å². The number of aryl methyl sites for hydroxylation is 1. The molecule has 0 spiro atoms. The molecule has 0 radical (unpaired) electrons. The molecule has 0 atom stereocenters. The van der Waals surface area contributed by atoms with Crippen LogP contribution in [0.1, 0.15) is 15.9 Å². The molecule has 1 rings (SSSR count). The van der Waals surface area contributed by atoms with Gasteiger partial charge in [-0.25, -0.2) is 4.39 Å². The van der Waals surface area contributed by atoms with E-state index in [2.05, 4.69) is 0 Å². The molecular weight excluding hydrogens is 350 g/mol. The van der Waals surface area contributed by atoms with Gasteiger partial charge in [0.1, 0.15) is 5.82 Å². The maximum Gasteiger partial charge on any atom is 0.460 e. The Labute approximate surface area is 121 Å². The highest BCUT2D eigenvalue weighted by atomic mass is 19.4. The number of ketones is 1. The molecule has 0 aliphatic carbocycles. The van der Waals surface area contributed by atoms with Crippen LogP contribution in [0, 0.1) is 12.7 Å². The van der Waals surface area contributed by atoms with Gasteiger partial charge in [-0.3, -0.25) is 4.79 Å². The van der Waals surface area contributed by atoms with Crippen molar-refractivity contribution in [1.29, 1.82) is 0 Å². The lowest BCUT2D eigenvalue weighted by atomic mass is 9.95. The van der Waals surface area contributed by atoms with Crippen molar-refractivity contribution in [2.45, 2.75) is 30.9 Å². The van der Waals surface area contributed by atoms with E-state index < -0.39 is 41.1 Å². The van der Waals surface area contributed by atoms with E-state index in [1.54, 1.807) is 0 Å². The van der Waals surface area contributed by atoms with Gasteiger partial charge in [0.15, 0.2) is 0 Å². The molecular formula is C12H6F10O. The standard InChI is InChI=1S/C12H6F10O/c1-5-2-3-6(7(13)4-5)8(23)9(14,15)10(16,17)11(18,19)12(20,21)22/h2-4H,1H3. The van der Waals surface area contributed by atoms with Gasteiger partial charge in [0.25, 0.3) is 0 Å². The number of carbonyl (C=O) groups is 1. The summed E-state index contributed by atoms with van der Waals surface area (Å²) in [7, 11) is 0. The molecule has 0 fully saturated rings. The predicted octanol–water partition coefficient (Wildman–Crippen LogP) is 4.79. The van der Waals surface area contributed by atoms with Crippen LogP contribution in [0.15, 0.2) is 18.2 Å². The lowest BCUT2D eigenvalue weighted by molar-refractivity contribution is -0.386. The van der Waals surface area contributed by atoms with Gasteiger partial charge in [0, 0.05) is 0 Å². The van der Waals surface area contributed by atoms with Crippen molar-refractivity contribution in [3.63, 3.8) is 0 Å². The number of Topliss-reactive ketones (excluding diaryl/α,β-unsaturated/α-hetero) is 1. The lowest BCUT2D eigenvalue weighted by Gasteiger charge is -2.32. The molecule has 1 aromatic carbocycles. The number of benzene rings is 1. The molecule has 0 bridgehead atoms. The molecule has 1 nitrogen and oxygen atoms in total. The molecule has 0 saturated heterocycles. The summed E-state index contributed by atoms with van der Waals surface area (Å²) in [5, 5.41) is 0. The van der Waals surface area contributed by atoms with Crippen LogP contribution < -0.4 is 0 Å². The van der Waals surface area contributed by atoms with Crippen LogP contribution in [0.3, 0.4) is 0 Å². The molecule has 130 valence electrons. The summed E-state index contributed by atoms with van der Waals surface area (Å²) in [6.45, 7) is 1.22. The lowest BCUT2D eigenvalue weighted by Crippen LogP contribution is -2.63. The summed E-state index contributed by atoms with van der Waals surface area (Å²) >= 11 is 0. The van der Waals surface area contributed by atoms with Crippen LogP contribution in [0.25, 0.3) is 0 Å². The van der Waals surface area contributed by atoms with Crippen LogP contribution in [-0.4, -0.2) is 29.7 Å². The van der Waals surface area contributed by atoms with Gasteiger partial charge in [-0.2, -0.15) is 39.5 Å². The summed E-state index contributed by atoms with van der Waals surface area (Å²) in [4.78, 5) is 11.2. The average Bonchev–Trinajstić information content (AvgIpc) is 2.36. The quantitative estimate of drug-likeness (QED) is 0.560. The molecule has 0 N–H and O–H groups in total. The van der Waals surface area contributed by atoms with E-state index >= 15 is 0 Å². The average molecular weight is 356 g/mol. The van der Waals surface area contributed by atoms with E-state index in [1.807, 2.05) is 0 Å². The molecule has 0 aromatic heterocycles. The number of alkyl halides is 9. The SMILES string of the molecule is Cc1ccc(C(=O)C(F)(F)C(F)(F)C(F)(F)C(F)(F)F)c(F)c1. The second kappa shape index (κ2) is 5.38. The van der Waals surface area contributed by atoms with E-state index in [9.17, 15) is 48.7 Å². The minimum atomic E-state index is -7.21. The van der Waals surface area contributed by atoms with Gasteiger partial charge < -0.3 is 0 Å². The van der Waals surface area contributed by atoms with Crippen LogP contribution in [0.5, 0.6) is 0 Å². The third kappa shape index (κ3) is 2.88. The molecule has 11 heteroatoms. The van der Waals surface area contributed by atoms with Crippen molar-refractivity contribution < 1.29 is 48.7 Å². The Morgan fingerprint density at radius 2 is 1.35 bits per heavy atom. The van der Waals surface area contributed by atoms with E-state index in [4.69, 9.17) is 0 Å². The Morgan fingerprint density at radius 1 is 0.870 bits per heavy atom. The van der Waals surface area contributed by atoms with Crippen molar-refractivity contribution in [3.05, 3.63) is 35.1 Å². The molecule has 1 aromatic rings. The number of halogens is 10. The first-order valence-corrected chi connectivity index (χ1v) is 5.58. The fourth-order valence-corrected chi connectivity index (χ4v) is 1.49. The van der Waals surface area contributed by atoms with Gasteiger partial charge in [0.05, 0.1) is 5.56 Å². The second-order valence-electron chi connectivity index (χ2n) is 4.53. The third-order valence-electron chi connectivity index (χ3n) is 2.80. The van der Waals surface area contributed by atoms with Crippen LogP contribution in [0.2, 0.25) is 0 Å². The molecule has 0 aliphatic rings. The van der Waals surface area contributed by atoms with Gasteiger partial charge in [-0.15, -0.1) is 0 Å². The number of hydrogen-bond donors (Lipinski definition) is 0. The summed E-state index contributed by atoms with van der Waals surface area (Å²) in [6.07, 6.45) is -7.05. The molecule has 0 aliphatic heterocycles. The van der Waals surface area contributed by atoms with E-state index in [0.717, 1.165) is 6.07 Å². The van der Waals surface area contributed by atoms with Gasteiger partial charge in [-0.05, 0) is 24.6 Å². The summed E-state index contributed by atoms with van der Waals surface area (Å²) in [5.41, 5.74) is -1.67. The minimum Gasteiger partial charge on any atom is -0.287 e. The van der Waals surface area contributed by atoms with Crippen molar-refractivity contribution >= 4 is 5.78 Å². The predicted molar refractivity (Wildman–Crippen MR) is 56.4 cm³/mol. The highest BCUT2D eigenvalue weighted by molar-refractivity contribution is 6.02. The Kier molecular flexibility index (Phi) is 4.50. The van der Waals surface area contributed by atoms with Gasteiger partial charge in [0.2, 0.25) is 5.78 Å². The van der Waals surface area contributed by atoms with Crippen molar-refractivity contribution in [1.82, 2.24) is 0 Å². The highest BCUT2D eigenvalue weighted by Gasteiger charge is 2.83. The van der Waals surface area contributed by atoms with E-state index in [1.165, 1.54) is 6.92 Å². The first kappa shape index (κ1) is 19.2. The van der Waals surface area contributed by atoms with Crippen molar-refractivity contribution in [2.75, 3.05) is 0 Å². The highest BCUT2D eigenvalue weighted by Crippen LogP contribution is 2.53. The van der Waals surface area contributed by atoms with Crippen LogP contribution in [-0.2, 0) is 0 Å². The zero-order valence-corrected chi connectivity index (χ0v) is 10.9. The first-order valence-electron chi connectivity index (χ1n) is 5.58. The number of hydrogen-bond acceptors (Lipinski definition) is 1. The largest absolute Gasteiger partial charge is 0.460 e. The number of rotatable bonds is 4. The molecule has 0 heterocycles. The van der Waals surface area contributed by atoms with E-state index in [0.29, 0.717) is 6.07 Å². The van der Waals surface area contributed by atoms with E-state index in [-0.39, 0.29) is 11.6 Å². The Morgan fingerprint density at radius 3 is 1.74 bits per heavy atom. The summed E-state index contributed by atoms with van der Waals surface area (Å²) in [5.74, 6) is -25.8. The fraction of sp³-hybridized carbons (Fsp3) is 0.417. The Hall–Kier alpha value is -1.81. The first-order chi connectivity index (χ1) is 10.1. The van der Waals surface area contributed by atoms with Crippen molar-refractivity contribution in [2.24, 2.45) is 0 Å². The third-order valence-corrected chi connectivity index (χ3v) is 2.80. The second-order valence-corrected chi connectivity index (χ2v) is 4.53. The Bertz CT molecular complexity index is 617. The smallest absolute Gasteiger partial charge is 0.287 e. The van der Waals surface area contributed by atoms with Crippen LogP contribution >= 0.6 is 0 Å². The molecule has 0 unspecified atom stereocenters. The maximum atomic E-state index is 13.3. The van der Waals surface area contributed by atoms with Gasteiger partial charge >= 0.3 is 23.9 Å². The monoisotopic (exact) mass is 356 g/mol. The fourth-order valence-electron chi connectivity index (χ4n) is 1.49. The molecule has 0 saturated carbocycles. The minimum absolute atomic E-state index is 0.0646. The topological polar surface area (TPSA) is 17.1 Å². The van der Waals surface area contributed by atoms with Crippen molar-refractivity contribution in [3.8, 4) is 0 Å². The molecule has 23 heavy (non-hydrogen) atoms. The molecule has 0 amide bonds. The maximum absolute atomic E-state index is 13.3. The zero-order valence-electron chi connectivity index (χ0n) is 10.9. The van der Waals surface area contributed by atoms with Crippen LogP contribution in [0.4, 0.5) is 43.9 Å².